The Morgan fingerprint density at radius 2 is 1.50 bits per heavy atom. The van der Waals surface area contributed by atoms with Crippen molar-refractivity contribution in [3.05, 3.63) is 29.3 Å². The van der Waals surface area contributed by atoms with E-state index in [0.717, 1.165) is 11.1 Å². The molecule has 0 aromatic heterocycles. The molecular formula is C12H15Br4O3P. The van der Waals surface area contributed by atoms with Crippen LogP contribution in [0.25, 0.3) is 0 Å². The fraction of sp³-hybridized carbons (Fsp3) is 0.500. The SMILES string of the molecule is CCOP(=O)(OCC)c1ccc(C(Br)Br)c(C(Br)Br)c1. The average Bonchev–Trinajstić information content (AvgIpc) is 2.38. The summed E-state index contributed by atoms with van der Waals surface area (Å²) in [6, 6.07) is 5.52. The molecule has 0 spiro atoms. The first kappa shape index (κ1) is 19.3. The molecule has 8 heteroatoms. The van der Waals surface area contributed by atoms with E-state index in [1.807, 2.05) is 12.1 Å². The summed E-state index contributed by atoms with van der Waals surface area (Å²) >= 11 is 13.9. The highest BCUT2D eigenvalue weighted by Crippen LogP contribution is 2.48. The van der Waals surface area contributed by atoms with Crippen LogP contribution in [0.2, 0.25) is 0 Å². The van der Waals surface area contributed by atoms with Gasteiger partial charge in [0.1, 0.15) is 0 Å². The van der Waals surface area contributed by atoms with Crippen molar-refractivity contribution in [3.63, 3.8) is 0 Å². The van der Waals surface area contributed by atoms with Gasteiger partial charge in [-0.25, -0.2) is 0 Å². The van der Waals surface area contributed by atoms with Crippen LogP contribution in [-0.2, 0) is 13.6 Å². The van der Waals surface area contributed by atoms with Gasteiger partial charge in [0.25, 0.3) is 0 Å². The third kappa shape index (κ3) is 4.90. The van der Waals surface area contributed by atoms with Gasteiger partial charge in [-0.3, -0.25) is 4.57 Å². The molecule has 0 N–H and O–H groups in total. The summed E-state index contributed by atoms with van der Waals surface area (Å²) in [5.74, 6) is 0. The number of rotatable bonds is 7. The van der Waals surface area contributed by atoms with Gasteiger partial charge in [0.15, 0.2) is 0 Å². The quantitative estimate of drug-likeness (QED) is 0.298. The predicted molar refractivity (Wildman–Crippen MR) is 98.1 cm³/mol. The van der Waals surface area contributed by atoms with E-state index >= 15 is 0 Å². The summed E-state index contributed by atoms with van der Waals surface area (Å²) in [7, 11) is -3.26. The van der Waals surface area contributed by atoms with Crippen LogP contribution in [0.3, 0.4) is 0 Å². The molecule has 0 bridgehead atoms. The number of halogens is 4. The maximum Gasteiger partial charge on any atom is 0.361 e. The molecule has 0 aliphatic heterocycles. The minimum atomic E-state index is -3.26. The monoisotopic (exact) mass is 554 g/mol. The van der Waals surface area contributed by atoms with Crippen LogP contribution < -0.4 is 5.30 Å². The van der Waals surface area contributed by atoms with E-state index in [9.17, 15) is 4.57 Å². The average molecular weight is 558 g/mol. The Hall–Kier alpha value is 1.29. The van der Waals surface area contributed by atoms with Gasteiger partial charge in [0.05, 0.1) is 26.0 Å². The molecule has 1 aromatic carbocycles. The smallest absolute Gasteiger partial charge is 0.305 e. The normalized spacial score (nSPS) is 12.4. The van der Waals surface area contributed by atoms with Gasteiger partial charge >= 0.3 is 7.60 Å². The molecule has 3 nitrogen and oxygen atoms in total. The molecule has 0 saturated heterocycles. The first-order valence-corrected chi connectivity index (χ1v) is 11.2. The van der Waals surface area contributed by atoms with E-state index in [4.69, 9.17) is 9.05 Å². The molecule has 1 aromatic rings. The van der Waals surface area contributed by atoms with Crippen molar-refractivity contribution in [3.8, 4) is 0 Å². The van der Waals surface area contributed by atoms with Crippen molar-refractivity contribution in [1.29, 1.82) is 0 Å². The minimum Gasteiger partial charge on any atom is -0.305 e. The first-order valence-electron chi connectivity index (χ1n) is 5.95. The van der Waals surface area contributed by atoms with Crippen molar-refractivity contribution in [2.24, 2.45) is 0 Å². The molecule has 0 radical (unpaired) electrons. The van der Waals surface area contributed by atoms with Gasteiger partial charge in [0, 0.05) is 0 Å². The number of hydrogen-bond donors (Lipinski definition) is 0. The highest BCUT2D eigenvalue weighted by molar-refractivity contribution is 9.24. The molecule has 0 fully saturated rings. The second kappa shape index (κ2) is 8.80. The maximum absolute atomic E-state index is 12.8. The molecule has 0 unspecified atom stereocenters. The maximum atomic E-state index is 12.8. The molecule has 0 heterocycles. The number of hydrogen-bond acceptors (Lipinski definition) is 3. The van der Waals surface area contributed by atoms with E-state index in [-0.39, 0.29) is 7.47 Å². The lowest BCUT2D eigenvalue weighted by Crippen LogP contribution is -2.12. The molecular weight excluding hydrogens is 543 g/mol. The van der Waals surface area contributed by atoms with Crippen molar-refractivity contribution in [2.45, 2.75) is 21.3 Å². The van der Waals surface area contributed by atoms with E-state index < -0.39 is 7.60 Å². The molecule has 114 valence electrons. The standard InChI is InChI=1S/C12H15Br4O3P/c1-3-18-20(17,19-4-2)8-5-6-9(11(13)14)10(7-8)12(15)16/h5-7,11-12H,3-4H2,1-2H3. The zero-order valence-electron chi connectivity index (χ0n) is 11.0. The lowest BCUT2D eigenvalue weighted by Gasteiger charge is -2.20. The molecule has 0 amide bonds. The third-order valence-electron chi connectivity index (χ3n) is 2.45. The van der Waals surface area contributed by atoms with Gasteiger partial charge in [0.2, 0.25) is 0 Å². The largest absolute Gasteiger partial charge is 0.361 e. The first-order chi connectivity index (χ1) is 9.35. The lowest BCUT2D eigenvalue weighted by molar-refractivity contribution is 0.230. The van der Waals surface area contributed by atoms with Crippen LogP contribution in [0.5, 0.6) is 0 Å². The van der Waals surface area contributed by atoms with Crippen LogP contribution in [-0.4, -0.2) is 13.2 Å². The predicted octanol–water partition coefficient (Wildman–Crippen LogP) is 6.15. The van der Waals surface area contributed by atoms with Gasteiger partial charge in [-0.1, -0.05) is 69.8 Å². The summed E-state index contributed by atoms with van der Waals surface area (Å²) < 4.78 is 23.5. The van der Waals surface area contributed by atoms with Crippen LogP contribution in [0.15, 0.2) is 18.2 Å². The van der Waals surface area contributed by atoms with Crippen LogP contribution >= 0.6 is 71.3 Å². The van der Waals surface area contributed by atoms with Crippen LogP contribution in [0.1, 0.15) is 32.4 Å². The summed E-state index contributed by atoms with van der Waals surface area (Å²) in [6.07, 6.45) is 0. The zero-order chi connectivity index (χ0) is 15.3. The summed E-state index contributed by atoms with van der Waals surface area (Å²) in [4.78, 5) is 0. The van der Waals surface area contributed by atoms with Crippen molar-refractivity contribution >= 4 is 76.6 Å². The fourth-order valence-corrected chi connectivity index (χ4v) is 4.88. The Bertz CT molecular complexity index is 484. The molecule has 0 atom stereocenters. The Balaban J connectivity index is 3.32. The Labute approximate surface area is 153 Å². The van der Waals surface area contributed by atoms with E-state index in [0.29, 0.717) is 18.5 Å². The van der Waals surface area contributed by atoms with Crippen molar-refractivity contribution in [2.75, 3.05) is 13.2 Å². The third-order valence-corrected chi connectivity index (χ3v) is 6.53. The molecule has 0 aliphatic carbocycles. The second-order valence-corrected chi connectivity index (χ2v) is 11.9. The second-order valence-electron chi connectivity index (χ2n) is 3.75. The van der Waals surface area contributed by atoms with Gasteiger partial charge in [-0.05, 0) is 37.1 Å². The Morgan fingerprint density at radius 1 is 1.00 bits per heavy atom. The van der Waals surface area contributed by atoms with Crippen molar-refractivity contribution < 1.29 is 13.6 Å². The lowest BCUT2D eigenvalue weighted by atomic mass is 10.1. The van der Waals surface area contributed by atoms with E-state index in [1.54, 1.807) is 19.9 Å². The van der Waals surface area contributed by atoms with Crippen LogP contribution in [0.4, 0.5) is 0 Å². The highest BCUT2D eigenvalue weighted by atomic mass is 79.9. The Morgan fingerprint density at radius 3 is 1.90 bits per heavy atom. The fourth-order valence-electron chi connectivity index (χ4n) is 1.65. The summed E-state index contributed by atoms with van der Waals surface area (Å²) in [5.41, 5.74) is 1.99. The molecule has 0 saturated carbocycles. The number of benzene rings is 1. The van der Waals surface area contributed by atoms with Gasteiger partial charge in [-0.15, -0.1) is 0 Å². The number of alkyl halides is 4. The highest BCUT2D eigenvalue weighted by Gasteiger charge is 2.28. The van der Waals surface area contributed by atoms with E-state index in [2.05, 4.69) is 63.7 Å². The van der Waals surface area contributed by atoms with Crippen LogP contribution in [0, 0.1) is 0 Å². The minimum absolute atomic E-state index is 0.00947. The molecule has 0 aliphatic rings. The molecule has 20 heavy (non-hydrogen) atoms. The van der Waals surface area contributed by atoms with Crippen molar-refractivity contribution in [1.82, 2.24) is 0 Å². The van der Waals surface area contributed by atoms with E-state index in [1.165, 1.54) is 0 Å². The molecule has 1 rings (SSSR count). The summed E-state index contributed by atoms with van der Waals surface area (Å²) in [6.45, 7) is 4.26. The zero-order valence-corrected chi connectivity index (χ0v) is 18.2. The topological polar surface area (TPSA) is 35.5 Å². The van der Waals surface area contributed by atoms with Gasteiger partial charge < -0.3 is 9.05 Å². The Kier molecular flexibility index (Phi) is 8.51. The summed E-state index contributed by atoms with van der Waals surface area (Å²) in [5, 5.41) is 0.560. The van der Waals surface area contributed by atoms with Gasteiger partial charge in [-0.2, -0.15) is 0 Å².